The Bertz CT molecular complexity index is 496. The number of hydrogen-bond donors (Lipinski definition) is 10. The van der Waals surface area contributed by atoms with Gasteiger partial charge in [-0.15, -0.1) is 0 Å². The summed E-state index contributed by atoms with van der Waals surface area (Å²) in [4.78, 5) is 7.81. The molecule has 0 bridgehead atoms. The molecule has 0 amide bonds. The van der Waals surface area contributed by atoms with Gasteiger partial charge < -0.3 is 45.0 Å². The lowest BCUT2D eigenvalue weighted by Crippen LogP contribution is -2.30. The van der Waals surface area contributed by atoms with Crippen LogP contribution in [0, 0.1) is 10.8 Å². The summed E-state index contributed by atoms with van der Waals surface area (Å²) in [6.45, 7) is 3.02. The maximum absolute atomic E-state index is 6.96. The Labute approximate surface area is 187 Å². The minimum atomic E-state index is 0.0442. The first-order valence-corrected chi connectivity index (χ1v) is 11.0. The highest BCUT2D eigenvalue weighted by Gasteiger charge is 1.93. The summed E-state index contributed by atoms with van der Waals surface area (Å²) in [6.07, 6.45) is 12.4. The number of unbranched alkanes of at least 4 members (excludes halogenated alkanes) is 9. The molecule has 12 nitrogen and oxygen atoms in total. The van der Waals surface area contributed by atoms with E-state index in [1.54, 1.807) is 0 Å². The molecule has 16 N–H and O–H groups in total. The third-order valence-electron chi connectivity index (χ3n) is 4.14. The summed E-state index contributed by atoms with van der Waals surface area (Å²) in [6, 6.07) is 0. The maximum atomic E-state index is 6.96. The van der Waals surface area contributed by atoms with E-state index in [4.69, 9.17) is 45.2 Å². The van der Waals surface area contributed by atoms with Gasteiger partial charge in [0.1, 0.15) is 0 Å². The van der Waals surface area contributed by atoms with Crippen LogP contribution in [0.1, 0.15) is 70.6 Å². The van der Waals surface area contributed by atoms with Gasteiger partial charge in [0, 0.05) is 26.2 Å². The van der Waals surface area contributed by atoms with Crippen molar-refractivity contribution in [2.24, 2.45) is 44.4 Å². The first-order valence-electron chi connectivity index (χ1n) is 11.0. The highest BCUT2D eigenvalue weighted by molar-refractivity contribution is 5.76. The lowest BCUT2D eigenvalue weighted by atomic mass is 10.1. The summed E-state index contributed by atoms with van der Waals surface area (Å²) in [5.74, 6) is 0.441. The Morgan fingerprint density at radius 1 is 0.484 bits per heavy atom. The molecule has 0 atom stereocenters. The molecule has 0 aromatic carbocycles. The topological polar surface area (TPSA) is 253 Å². The number of nitrogens with zero attached hydrogens (tertiary/aromatic N) is 2. The van der Waals surface area contributed by atoms with Crippen LogP contribution in [0.3, 0.4) is 0 Å². The van der Waals surface area contributed by atoms with Crippen LogP contribution in [0.2, 0.25) is 0 Å². The van der Waals surface area contributed by atoms with E-state index in [0.717, 1.165) is 64.6 Å². The molecule has 0 aliphatic rings. The highest BCUT2D eigenvalue weighted by atomic mass is 15.0. The second-order valence-electron chi connectivity index (χ2n) is 7.18. The fourth-order valence-corrected chi connectivity index (χ4v) is 2.57. The van der Waals surface area contributed by atoms with Crippen LogP contribution in [-0.2, 0) is 0 Å². The first-order chi connectivity index (χ1) is 14.8. The number of nitrogens with two attached hydrogens (primary N) is 6. The van der Waals surface area contributed by atoms with E-state index < -0.39 is 0 Å². The summed E-state index contributed by atoms with van der Waals surface area (Å²) in [5.41, 5.74) is 31.1. The largest absolute Gasteiger partial charge is 0.370 e. The summed E-state index contributed by atoms with van der Waals surface area (Å²) < 4.78 is 0. The lowest BCUT2D eigenvalue weighted by Gasteiger charge is -2.03. The van der Waals surface area contributed by atoms with Crippen molar-refractivity contribution >= 4 is 23.8 Å². The maximum Gasteiger partial charge on any atom is 0.185 e. The number of nitrogens with one attached hydrogen (secondary N) is 4. The molecule has 0 aliphatic carbocycles. The lowest BCUT2D eigenvalue weighted by molar-refractivity contribution is 0.592. The van der Waals surface area contributed by atoms with Crippen LogP contribution in [0.25, 0.3) is 0 Å². The van der Waals surface area contributed by atoms with E-state index in [9.17, 15) is 0 Å². The van der Waals surface area contributed by atoms with Crippen LogP contribution in [0.4, 0.5) is 0 Å². The van der Waals surface area contributed by atoms with Crippen molar-refractivity contribution in [2.45, 2.75) is 70.6 Å². The van der Waals surface area contributed by atoms with Crippen LogP contribution < -0.4 is 45.0 Å². The zero-order chi connectivity index (χ0) is 23.7. The molecule has 0 rings (SSSR count). The molecule has 0 saturated carbocycles. The van der Waals surface area contributed by atoms with Crippen LogP contribution in [0.15, 0.2) is 9.98 Å². The molecule has 0 aromatic heterocycles. The molecule has 0 spiro atoms. The molecule has 0 aliphatic heterocycles. The van der Waals surface area contributed by atoms with Gasteiger partial charge in [-0.25, -0.2) is 0 Å². The van der Waals surface area contributed by atoms with E-state index in [1.165, 1.54) is 25.7 Å². The number of aliphatic imine (C=N–C) groups is 2. The van der Waals surface area contributed by atoms with E-state index in [-0.39, 0.29) is 23.8 Å². The average molecular weight is 443 g/mol. The molecule has 0 saturated heterocycles. The van der Waals surface area contributed by atoms with Crippen molar-refractivity contribution < 1.29 is 0 Å². The Hall–Kier alpha value is -2.92. The monoisotopic (exact) mass is 442 g/mol. The predicted octanol–water partition coefficient (Wildman–Crippen LogP) is -0.223. The zero-order valence-electron chi connectivity index (χ0n) is 19.0. The van der Waals surface area contributed by atoms with Crippen molar-refractivity contribution in [2.75, 3.05) is 26.2 Å². The zero-order valence-corrected chi connectivity index (χ0v) is 19.0. The second kappa shape index (κ2) is 23.4. The minimum Gasteiger partial charge on any atom is -0.370 e. The van der Waals surface area contributed by atoms with Crippen LogP contribution >= 0.6 is 0 Å². The number of guanidine groups is 4. The van der Waals surface area contributed by atoms with Gasteiger partial charge in [0.25, 0.3) is 0 Å². The third-order valence-corrected chi connectivity index (χ3v) is 4.14. The van der Waals surface area contributed by atoms with Crippen molar-refractivity contribution in [1.29, 1.82) is 10.8 Å². The predicted molar refractivity (Wildman–Crippen MR) is 132 cm³/mol. The Morgan fingerprint density at radius 3 is 1.06 bits per heavy atom. The van der Waals surface area contributed by atoms with Crippen LogP contribution in [0.5, 0.6) is 0 Å². The molecule has 0 aromatic rings. The van der Waals surface area contributed by atoms with Gasteiger partial charge in [-0.3, -0.25) is 20.8 Å². The van der Waals surface area contributed by atoms with Crippen molar-refractivity contribution in [3.63, 3.8) is 0 Å². The van der Waals surface area contributed by atoms with Crippen molar-refractivity contribution in [3.05, 3.63) is 0 Å². The van der Waals surface area contributed by atoms with Gasteiger partial charge in [0.2, 0.25) is 0 Å². The fourth-order valence-electron chi connectivity index (χ4n) is 2.57. The Kier molecular flexibility index (Phi) is 22.8. The van der Waals surface area contributed by atoms with Crippen molar-refractivity contribution in [1.82, 2.24) is 10.6 Å². The molecule has 0 fully saturated rings. The van der Waals surface area contributed by atoms with Crippen molar-refractivity contribution in [3.8, 4) is 0 Å². The Balaban J connectivity index is 0. The van der Waals surface area contributed by atoms with Gasteiger partial charge in [-0.2, -0.15) is 0 Å². The van der Waals surface area contributed by atoms with E-state index in [2.05, 4.69) is 20.6 Å². The van der Waals surface area contributed by atoms with Gasteiger partial charge in [0.15, 0.2) is 23.8 Å². The minimum absolute atomic E-state index is 0.0442. The molecule has 0 radical (unpaired) electrons. The van der Waals surface area contributed by atoms with Gasteiger partial charge in [-0.05, 0) is 25.7 Å². The SMILES string of the molecule is N=C(N)NCCCCCCCCN=C(N)N.N=C(N)NCCCCCCCN=C(N)N. The average Bonchev–Trinajstić information content (AvgIpc) is 2.67. The standard InChI is InChI=1S/C10H24N6.C9H22N6/c11-9(12)15-7-5-3-1-2-4-6-8-16-10(13)14;10-8(11)14-6-4-2-1-3-5-7-15-9(12)13/h1-8H2,(H4,11,12,15)(H4,13,14,16);1-7H2,(H4,10,11,14)(H4,12,13,15). The first kappa shape index (κ1) is 30.3. The molecular weight excluding hydrogens is 396 g/mol. The molecule has 12 heteroatoms. The molecule has 0 heterocycles. The van der Waals surface area contributed by atoms with Crippen LogP contribution in [-0.4, -0.2) is 50.0 Å². The molecule has 0 unspecified atom stereocenters. The van der Waals surface area contributed by atoms with E-state index in [1.807, 2.05) is 0 Å². The summed E-state index contributed by atoms with van der Waals surface area (Å²) >= 11 is 0. The normalized spacial score (nSPS) is 9.68. The van der Waals surface area contributed by atoms with Gasteiger partial charge in [0.05, 0.1) is 0 Å². The molecule has 182 valence electrons. The highest BCUT2D eigenvalue weighted by Crippen LogP contribution is 2.05. The van der Waals surface area contributed by atoms with Gasteiger partial charge >= 0.3 is 0 Å². The van der Waals surface area contributed by atoms with Gasteiger partial charge in [-0.1, -0.05) is 44.9 Å². The summed E-state index contributed by atoms with van der Waals surface area (Å²) in [5, 5.41) is 19.4. The van der Waals surface area contributed by atoms with E-state index >= 15 is 0 Å². The fraction of sp³-hybridized carbons (Fsp3) is 0.789. The second-order valence-corrected chi connectivity index (χ2v) is 7.18. The third kappa shape index (κ3) is 34.9. The molecular formula is C19H46N12. The Morgan fingerprint density at radius 2 is 0.774 bits per heavy atom. The van der Waals surface area contributed by atoms with E-state index in [0.29, 0.717) is 6.54 Å². The smallest absolute Gasteiger partial charge is 0.185 e. The molecule has 31 heavy (non-hydrogen) atoms. The quantitative estimate of drug-likeness (QED) is 0.0815. The number of hydrogen-bond acceptors (Lipinski definition) is 4. The summed E-state index contributed by atoms with van der Waals surface area (Å²) in [7, 11) is 0. The number of rotatable bonds is 17.